The zero-order chi connectivity index (χ0) is 13.0. The summed E-state index contributed by atoms with van der Waals surface area (Å²) in [6.07, 6.45) is 0. The number of anilines is 1. The highest BCUT2D eigenvalue weighted by molar-refractivity contribution is 5.80. The van der Waals surface area contributed by atoms with Crippen molar-refractivity contribution >= 4 is 17.3 Å². The van der Waals surface area contributed by atoms with Crippen LogP contribution in [0.5, 0.6) is 0 Å². The van der Waals surface area contributed by atoms with Crippen molar-refractivity contribution in [2.75, 3.05) is 12.4 Å². The zero-order valence-corrected chi connectivity index (χ0v) is 9.27. The van der Waals surface area contributed by atoms with E-state index in [0.717, 1.165) is 18.2 Å². The number of rotatable bonds is 4. The molecular weight excluding hydrogens is 231 g/mol. The van der Waals surface area contributed by atoms with E-state index in [2.05, 4.69) is 10.1 Å². The molecular formula is C10H11FN2O4. The van der Waals surface area contributed by atoms with Gasteiger partial charge in [-0.05, 0) is 13.0 Å². The average molecular weight is 242 g/mol. The lowest BCUT2D eigenvalue weighted by Gasteiger charge is -2.12. The third-order valence-corrected chi connectivity index (χ3v) is 2.08. The Morgan fingerprint density at radius 2 is 2.24 bits per heavy atom. The molecule has 6 nitrogen and oxygen atoms in total. The Morgan fingerprint density at radius 1 is 1.59 bits per heavy atom. The molecule has 0 radical (unpaired) electrons. The first-order valence-corrected chi connectivity index (χ1v) is 4.74. The number of benzene rings is 1. The van der Waals surface area contributed by atoms with Crippen LogP contribution in [0.25, 0.3) is 0 Å². The van der Waals surface area contributed by atoms with E-state index in [1.807, 2.05) is 0 Å². The first-order valence-electron chi connectivity index (χ1n) is 4.74. The van der Waals surface area contributed by atoms with Crippen molar-refractivity contribution in [1.29, 1.82) is 0 Å². The molecule has 0 spiro atoms. The van der Waals surface area contributed by atoms with Gasteiger partial charge in [-0.2, -0.15) is 0 Å². The fourth-order valence-corrected chi connectivity index (χ4v) is 1.25. The molecule has 0 aliphatic carbocycles. The smallest absolute Gasteiger partial charge is 0.327 e. The van der Waals surface area contributed by atoms with E-state index in [0.29, 0.717) is 0 Å². The monoisotopic (exact) mass is 242 g/mol. The van der Waals surface area contributed by atoms with Gasteiger partial charge in [-0.3, -0.25) is 10.1 Å². The normalized spacial score (nSPS) is 11.7. The first kappa shape index (κ1) is 12.9. The summed E-state index contributed by atoms with van der Waals surface area (Å²) in [4.78, 5) is 21.2. The highest BCUT2D eigenvalue weighted by atomic mass is 19.1. The summed E-state index contributed by atoms with van der Waals surface area (Å²) in [5.41, 5.74) is -0.366. The maximum absolute atomic E-state index is 13.0. The number of esters is 1. The van der Waals surface area contributed by atoms with Crippen LogP contribution in [0.3, 0.4) is 0 Å². The number of halogens is 1. The molecule has 0 saturated heterocycles. The minimum Gasteiger partial charge on any atom is -0.467 e. The maximum atomic E-state index is 13.0. The van der Waals surface area contributed by atoms with Gasteiger partial charge in [0, 0.05) is 12.1 Å². The standard InChI is InChI=1S/C10H11FN2O4/c1-6(10(14)17-2)12-8-5-7(11)3-4-9(8)13(15)16/h3-6,12H,1-2H3. The molecule has 1 unspecified atom stereocenters. The number of hydrogen-bond donors (Lipinski definition) is 1. The van der Waals surface area contributed by atoms with Gasteiger partial charge in [0.25, 0.3) is 5.69 Å². The number of carbonyl (C=O) groups is 1. The van der Waals surface area contributed by atoms with E-state index in [1.165, 1.54) is 14.0 Å². The van der Waals surface area contributed by atoms with Crippen molar-refractivity contribution in [3.8, 4) is 0 Å². The summed E-state index contributed by atoms with van der Waals surface area (Å²) in [5.74, 6) is -1.22. The molecule has 1 aromatic carbocycles. The van der Waals surface area contributed by atoms with E-state index >= 15 is 0 Å². The Bertz CT molecular complexity index is 450. The minimum absolute atomic E-state index is 0.0621. The van der Waals surface area contributed by atoms with Gasteiger partial charge in [-0.25, -0.2) is 9.18 Å². The number of ether oxygens (including phenoxy) is 1. The summed E-state index contributed by atoms with van der Waals surface area (Å²) >= 11 is 0. The fourth-order valence-electron chi connectivity index (χ4n) is 1.25. The SMILES string of the molecule is COC(=O)C(C)Nc1cc(F)ccc1[N+](=O)[O-]. The van der Waals surface area contributed by atoms with Crippen molar-refractivity contribution in [1.82, 2.24) is 0 Å². The summed E-state index contributed by atoms with van der Waals surface area (Å²) < 4.78 is 17.4. The van der Waals surface area contributed by atoms with Gasteiger partial charge in [-0.1, -0.05) is 0 Å². The molecule has 1 aromatic rings. The van der Waals surface area contributed by atoms with Crippen LogP contribution in [-0.2, 0) is 9.53 Å². The number of hydrogen-bond acceptors (Lipinski definition) is 5. The minimum atomic E-state index is -0.805. The molecule has 0 amide bonds. The zero-order valence-electron chi connectivity index (χ0n) is 9.27. The lowest BCUT2D eigenvalue weighted by molar-refractivity contribution is -0.384. The van der Waals surface area contributed by atoms with E-state index < -0.39 is 22.8 Å². The average Bonchev–Trinajstić information content (AvgIpc) is 2.27. The van der Waals surface area contributed by atoms with Gasteiger partial charge in [0.1, 0.15) is 17.5 Å². The highest BCUT2D eigenvalue weighted by Crippen LogP contribution is 2.25. The largest absolute Gasteiger partial charge is 0.467 e. The van der Waals surface area contributed by atoms with Crippen LogP contribution < -0.4 is 5.32 Å². The number of nitrogens with one attached hydrogen (secondary N) is 1. The quantitative estimate of drug-likeness (QED) is 0.493. The molecule has 0 saturated carbocycles. The number of carbonyl (C=O) groups excluding carboxylic acids is 1. The van der Waals surface area contributed by atoms with Crippen molar-refractivity contribution in [3.05, 3.63) is 34.1 Å². The maximum Gasteiger partial charge on any atom is 0.327 e. The van der Waals surface area contributed by atoms with Crippen LogP contribution in [0.15, 0.2) is 18.2 Å². The van der Waals surface area contributed by atoms with Crippen molar-refractivity contribution in [2.45, 2.75) is 13.0 Å². The van der Waals surface area contributed by atoms with E-state index in [-0.39, 0.29) is 11.4 Å². The second kappa shape index (κ2) is 5.24. The van der Waals surface area contributed by atoms with Crippen molar-refractivity contribution in [3.63, 3.8) is 0 Å². The summed E-state index contributed by atoms with van der Waals surface area (Å²) in [5, 5.41) is 13.2. The molecule has 1 rings (SSSR count). The summed E-state index contributed by atoms with van der Waals surface area (Å²) in [6, 6.07) is 2.16. The third kappa shape index (κ3) is 3.13. The van der Waals surface area contributed by atoms with Crippen molar-refractivity contribution in [2.24, 2.45) is 0 Å². The molecule has 7 heteroatoms. The molecule has 0 fully saturated rings. The van der Waals surface area contributed by atoms with Gasteiger partial charge in [-0.15, -0.1) is 0 Å². The van der Waals surface area contributed by atoms with Gasteiger partial charge >= 0.3 is 5.97 Å². The molecule has 1 N–H and O–H groups in total. The van der Waals surface area contributed by atoms with E-state index in [4.69, 9.17) is 0 Å². The molecule has 0 aliphatic heterocycles. The topological polar surface area (TPSA) is 81.5 Å². The second-order valence-corrected chi connectivity index (χ2v) is 3.31. The molecule has 0 bridgehead atoms. The van der Waals surface area contributed by atoms with Crippen LogP contribution in [-0.4, -0.2) is 24.0 Å². The van der Waals surface area contributed by atoms with Gasteiger partial charge in [0.05, 0.1) is 12.0 Å². The predicted octanol–water partition coefficient (Wildman–Crippen LogP) is 1.71. The van der Waals surface area contributed by atoms with E-state index in [1.54, 1.807) is 0 Å². The van der Waals surface area contributed by atoms with Crippen molar-refractivity contribution < 1.29 is 18.8 Å². The van der Waals surface area contributed by atoms with Gasteiger partial charge < -0.3 is 10.1 Å². The summed E-state index contributed by atoms with van der Waals surface area (Å²) in [6.45, 7) is 1.46. The van der Waals surface area contributed by atoms with Gasteiger partial charge in [0.15, 0.2) is 0 Å². The van der Waals surface area contributed by atoms with Crippen LogP contribution in [0, 0.1) is 15.9 Å². The number of nitro benzene ring substituents is 1. The Labute approximate surface area is 96.5 Å². The third-order valence-electron chi connectivity index (χ3n) is 2.08. The van der Waals surface area contributed by atoms with E-state index in [9.17, 15) is 19.3 Å². The number of nitrogens with zero attached hydrogens (tertiary/aromatic N) is 1. The Kier molecular flexibility index (Phi) is 3.97. The van der Waals surface area contributed by atoms with Gasteiger partial charge in [0.2, 0.25) is 0 Å². The highest BCUT2D eigenvalue weighted by Gasteiger charge is 2.19. The fraction of sp³-hybridized carbons (Fsp3) is 0.300. The second-order valence-electron chi connectivity index (χ2n) is 3.31. The molecule has 0 aliphatic rings. The van der Waals surface area contributed by atoms with Crippen LogP contribution >= 0.6 is 0 Å². The Morgan fingerprint density at radius 3 is 2.76 bits per heavy atom. The van der Waals surface area contributed by atoms with Crippen LogP contribution in [0.4, 0.5) is 15.8 Å². The van der Waals surface area contributed by atoms with Crippen LogP contribution in [0.1, 0.15) is 6.92 Å². The lowest BCUT2D eigenvalue weighted by Crippen LogP contribution is -2.27. The molecule has 0 heterocycles. The first-order chi connectivity index (χ1) is 7.95. The predicted molar refractivity (Wildman–Crippen MR) is 58.2 cm³/mol. The molecule has 92 valence electrons. The lowest BCUT2D eigenvalue weighted by atomic mass is 10.2. The Hall–Kier alpha value is -2.18. The summed E-state index contributed by atoms with van der Waals surface area (Å²) in [7, 11) is 1.19. The molecule has 17 heavy (non-hydrogen) atoms. The number of methoxy groups -OCH3 is 1. The molecule has 0 aromatic heterocycles. The molecule has 1 atom stereocenters. The number of nitro groups is 1. The van der Waals surface area contributed by atoms with Crippen LogP contribution in [0.2, 0.25) is 0 Å². The Balaban J connectivity index is 3.00.